The Kier molecular flexibility index (Phi) is 5.24. The lowest BCUT2D eigenvalue weighted by Gasteiger charge is -2.70. The van der Waals surface area contributed by atoms with Gasteiger partial charge in [0.15, 0.2) is 5.78 Å². The largest absolute Gasteiger partial charge is 0.361 e. The second-order valence-electron chi connectivity index (χ2n) is 15.6. The quantitative estimate of drug-likeness (QED) is 0.426. The van der Waals surface area contributed by atoms with Gasteiger partial charge in [-0.15, -0.1) is 0 Å². The van der Waals surface area contributed by atoms with Gasteiger partial charge in [-0.25, -0.2) is 4.98 Å². The van der Waals surface area contributed by atoms with Crippen LogP contribution >= 0.6 is 0 Å². The van der Waals surface area contributed by atoms with Gasteiger partial charge in [0.2, 0.25) is 0 Å². The Morgan fingerprint density at radius 2 is 1.85 bits per heavy atom. The van der Waals surface area contributed by atoms with E-state index < -0.39 is 0 Å². The predicted molar refractivity (Wildman–Crippen MR) is 150 cm³/mol. The number of ketones is 1. The molecule has 6 heteroatoms. The van der Waals surface area contributed by atoms with Crippen molar-refractivity contribution in [1.82, 2.24) is 19.9 Å². The lowest BCUT2D eigenvalue weighted by molar-refractivity contribution is -0.180. The number of carbonyl (C=O) groups excluding carboxylic acids is 1. The highest BCUT2D eigenvalue weighted by Crippen LogP contribution is 2.74. The van der Waals surface area contributed by atoms with Gasteiger partial charge < -0.3 is 4.52 Å². The Morgan fingerprint density at radius 3 is 2.59 bits per heavy atom. The van der Waals surface area contributed by atoms with Gasteiger partial charge >= 0.3 is 0 Å². The number of nitrogens with zero attached hydrogens (tertiary/aromatic N) is 4. The molecule has 0 aliphatic heterocycles. The highest BCUT2D eigenvalue weighted by molar-refractivity contribution is 5.95. The molecule has 210 valence electrons. The third kappa shape index (κ3) is 3.09. The molecule has 0 spiro atoms. The Morgan fingerprint density at radius 1 is 1.05 bits per heavy atom. The van der Waals surface area contributed by atoms with Gasteiger partial charge in [-0.1, -0.05) is 59.2 Å². The van der Waals surface area contributed by atoms with Gasteiger partial charge in [0.1, 0.15) is 18.4 Å². The third-order valence-corrected chi connectivity index (χ3v) is 13.8. The Hall–Kier alpha value is -2.24. The topological polar surface area (TPSA) is 73.8 Å². The molecule has 39 heavy (non-hydrogen) atoms. The molecule has 3 saturated carbocycles. The van der Waals surface area contributed by atoms with Crippen molar-refractivity contribution < 1.29 is 9.32 Å². The molecule has 3 fully saturated rings. The zero-order valence-electron chi connectivity index (χ0n) is 25.0. The minimum atomic E-state index is -0.103. The van der Waals surface area contributed by atoms with Crippen LogP contribution in [-0.4, -0.2) is 25.7 Å². The molecule has 0 amide bonds. The molecular weight excluding hydrogens is 484 g/mol. The first-order valence-corrected chi connectivity index (χ1v) is 15.4. The zero-order chi connectivity index (χ0) is 27.6. The number of hydrogen-bond acceptors (Lipinski definition) is 5. The van der Waals surface area contributed by atoms with Gasteiger partial charge in [-0.05, 0) is 96.4 Å². The van der Waals surface area contributed by atoms with Crippen molar-refractivity contribution in [2.75, 3.05) is 0 Å². The van der Waals surface area contributed by atoms with E-state index in [0.29, 0.717) is 29.5 Å². The van der Waals surface area contributed by atoms with Gasteiger partial charge in [0.05, 0.1) is 6.20 Å². The second kappa shape index (κ2) is 7.94. The van der Waals surface area contributed by atoms with Crippen molar-refractivity contribution in [3.8, 4) is 0 Å². The standard InChI is InChI=1S/C33H46N4O2/c1-20-8-11-33(17-37-19-34-18-35-37)13-12-32(7)27(26(33)21(20)2)23(38)14-25-30(5)15-22-16-36-39-28(22)29(3,4)24(30)9-10-31(25,32)6/h14,16,18-21,24,26-27H,8-13,15,17H2,1-7H3/t20-,21+,24+,26+,27-,30+,31-,32-,33-/m1/s1. The van der Waals surface area contributed by atoms with E-state index in [4.69, 9.17) is 4.52 Å². The number of aromatic nitrogens is 4. The summed E-state index contributed by atoms with van der Waals surface area (Å²) in [5.41, 5.74) is 2.54. The van der Waals surface area contributed by atoms with Crippen molar-refractivity contribution in [2.45, 2.75) is 105 Å². The van der Waals surface area contributed by atoms with Crippen LogP contribution in [0.2, 0.25) is 0 Å². The molecule has 2 aromatic rings. The fourth-order valence-corrected chi connectivity index (χ4v) is 11.6. The minimum Gasteiger partial charge on any atom is -0.361 e. The van der Waals surface area contributed by atoms with Crippen LogP contribution in [0.25, 0.3) is 0 Å². The summed E-state index contributed by atoms with van der Waals surface area (Å²) in [6.45, 7) is 17.9. The highest BCUT2D eigenvalue weighted by atomic mass is 16.5. The van der Waals surface area contributed by atoms with Crippen LogP contribution in [0.5, 0.6) is 0 Å². The molecule has 0 aromatic carbocycles. The molecule has 0 radical (unpaired) electrons. The highest BCUT2D eigenvalue weighted by Gasteiger charge is 2.70. The van der Waals surface area contributed by atoms with Crippen molar-refractivity contribution >= 4 is 5.78 Å². The minimum absolute atomic E-state index is 0.00138. The average Bonchev–Trinajstić information content (AvgIpc) is 3.56. The maximum atomic E-state index is 14.7. The molecule has 0 unspecified atom stereocenters. The van der Waals surface area contributed by atoms with Gasteiger partial charge in [0.25, 0.3) is 0 Å². The summed E-state index contributed by atoms with van der Waals surface area (Å²) in [6.07, 6.45) is 15.5. The Labute approximate surface area is 233 Å². The summed E-state index contributed by atoms with van der Waals surface area (Å²) in [6, 6.07) is 0. The SMILES string of the molecule is C[C@@H]1[C@H]2[C@H]3C(=O)C=C4[C@@]5(C)Cc6cnoc6C(C)(C)[C@@H]5CC[C@@]4(C)[C@]3(C)CC[C@@]2(Cn2cncn2)CC[C@H]1C. The molecule has 7 rings (SSSR count). The fourth-order valence-electron chi connectivity index (χ4n) is 11.6. The monoisotopic (exact) mass is 530 g/mol. The van der Waals surface area contributed by atoms with Crippen molar-refractivity contribution in [3.63, 3.8) is 0 Å². The normalized spacial score (nSPS) is 46.3. The van der Waals surface area contributed by atoms with Crippen molar-refractivity contribution in [1.29, 1.82) is 0 Å². The predicted octanol–water partition coefficient (Wildman–Crippen LogP) is 6.82. The van der Waals surface area contributed by atoms with Crippen LogP contribution in [0, 0.1) is 51.2 Å². The summed E-state index contributed by atoms with van der Waals surface area (Å²) in [4.78, 5) is 19.0. The first kappa shape index (κ1) is 25.7. The lowest BCUT2D eigenvalue weighted by atomic mass is 9.33. The van der Waals surface area contributed by atoms with Crippen LogP contribution in [0.15, 0.2) is 35.0 Å². The number of allylic oxidation sites excluding steroid dienone is 2. The van der Waals surface area contributed by atoms with Gasteiger partial charge in [0, 0.05) is 23.4 Å². The number of fused-ring (bicyclic) bond motifs is 8. The van der Waals surface area contributed by atoms with E-state index in [1.165, 1.54) is 30.4 Å². The first-order chi connectivity index (χ1) is 18.4. The summed E-state index contributed by atoms with van der Waals surface area (Å²) in [5.74, 6) is 3.45. The van der Waals surface area contributed by atoms with Gasteiger partial charge in [-0.3, -0.25) is 9.48 Å². The molecule has 0 saturated heterocycles. The Balaban J connectivity index is 1.37. The number of carbonyl (C=O) groups is 1. The van der Waals surface area contributed by atoms with Crippen molar-refractivity contribution in [2.24, 2.45) is 51.2 Å². The van der Waals surface area contributed by atoms with E-state index in [2.05, 4.69) is 69.8 Å². The average molecular weight is 531 g/mol. The fraction of sp³-hybridized carbons (Fsp3) is 0.758. The van der Waals surface area contributed by atoms with E-state index in [-0.39, 0.29) is 33.0 Å². The Bertz CT molecular complexity index is 1340. The van der Waals surface area contributed by atoms with E-state index >= 15 is 0 Å². The van der Waals surface area contributed by atoms with Gasteiger partial charge in [-0.2, -0.15) is 5.10 Å². The zero-order valence-corrected chi connectivity index (χ0v) is 25.0. The molecule has 5 aliphatic rings. The van der Waals surface area contributed by atoms with Crippen LogP contribution in [0.1, 0.15) is 98.3 Å². The maximum Gasteiger partial charge on any atom is 0.159 e. The second-order valence-corrected chi connectivity index (χ2v) is 15.6. The summed E-state index contributed by atoms with van der Waals surface area (Å²) < 4.78 is 7.88. The lowest BCUT2D eigenvalue weighted by Crippen LogP contribution is -2.66. The summed E-state index contributed by atoms with van der Waals surface area (Å²) in [5, 5.41) is 8.77. The van der Waals surface area contributed by atoms with E-state index in [1.807, 2.05) is 17.2 Å². The number of rotatable bonds is 2. The third-order valence-electron chi connectivity index (χ3n) is 13.8. The van der Waals surface area contributed by atoms with Crippen LogP contribution in [0.3, 0.4) is 0 Å². The molecule has 6 nitrogen and oxygen atoms in total. The van der Waals surface area contributed by atoms with E-state index in [9.17, 15) is 4.79 Å². The molecule has 2 heterocycles. The van der Waals surface area contributed by atoms with Crippen LogP contribution in [0.4, 0.5) is 0 Å². The maximum absolute atomic E-state index is 14.7. The van der Waals surface area contributed by atoms with E-state index in [0.717, 1.165) is 38.0 Å². The molecule has 9 atom stereocenters. The molecule has 0 bridgehead atoms. The van der Waals surface area contributed by atoms with Crippen LogP contribution < -0.4 is 0 Å². The number of hydrogen-bond donors (Lipinski definition) is 0. The summed E-state index contributed by atoms with van der Waals surface area (Å²) >= 11 is 0. The molecular formula is C33H46N4O2. The summed E-state index contributed by atoms with van der Waals surface area (Å²) in [7, 11) is 0. The van der Waals surface area contributed by atoms with Crippen molar-refractivity contribution in [3.05, 3.63) is 41.8 Å². The molecule has 5 aliphatic carbocycles. The molecule has 0 N–H and O–H groups in total. The van der Waals surface area contributed by atoms with E-state index in [1.54, 1.807) is 6.33 Å². The molecule has 2 aromatic heterocycles. The first-order valence-electron chi connectivity index (χ1n) is 15.4. The smallest absolute Gasteiger partial charge is 0.159 e. The van der Waals surface area contributed by atoms with Crippen LogP contribution in [-0.2, 0) is 23.2 Å².